The molecule has 58 heavy (non-hydrogen) atoms. The molecule has 0 saturated carbocycles. The minimum absolute atomic E-state index is 0.673. The summed E-state index contributed by atoms with van der Waals surface area (Å²) in [6, 6.07) is 67.5. The Morgan fingerprint density at radius 2 is 0.759 bits per heavy atom. The lowest BCUT2D eigenvalue weighted by atomic mass is 10.1. The smallest absolute Gasteiger partial charge is 0.221 e. The molecule has 0 aliphatic rings. The molecule has 276 valence electrons. The third kappa shape index (κ3) is 5.12. The van der Waals surface area contributed by atoms with Crippen LogP contribution in [0.4, 0.5) is 0 Å². The second kappa shape index (κ2) is 13.4. The number of benzene rings is 8. The highest BCUT2D eigenvalue weighted by molar-refractivity contribution is 7.85. The first-order valence-electron chi connectivity index (χ1n) is 19.2. The molecule has 0 amide bonds. The van der Waals surface area contributed by atoms with Gasteiger partial charge in [0.05, 0.1) is 27.6 Å². The fraction of sp³-hybridized carbons (Fsp3) is 0. The van der Waals surface area contributed by atoms with Crippen LogP contribution in [0.15, 0.2) is 206 Å². The molecular formula is C50H34N4O2P2. The van der Waals surface area contributed by atoms with Crippen molar-refractivity contribution in [2.24, 2.45) is 0 Å². The van der Waals surface area contributed by atoms with Crippen LogP contribution in [0.5, 0.6) is 0 Å². The van der Waals surface area contributed by atoms with E-state index >= 15 is 9.13 Å². The van der Waals surface area contributed by atoms with Crippen LogP contribution in [0.3, 0.4) is 0 Å². The predicted octanol–water partition coefficient (Wildman–Crippen LogP) is 9.41. The van der Waals surface area contributed by atoms with Gasteiger partial charge >= 0.3 is 0 Å². The molecule has 0 aliphatic carbocycles. The number of hydrogen-bond donors (Lipinski definition) is 0. The highest BCUT2D eigenvalue weighted by Crippen LogP contribution is 2.46. The summed E-state index contributed by atoms with van der Waals surface area (Å²) >= 11 is 0. The maximum absolute atomic E-state index is 15.8. The highest BCUT2D eigenvalue weighted by atomic mass is 31.2. The van der Waals surface area contributed by atoms with Gasteiger partial charge in [0.15, 0.2) is 14.3 Å². The largest absolute Gasteiger partial charge is 0.309 e. The first kappa shape index (κ1) is 34.4. The Labute approximate surface area is 334 Å². The molecule has 6 nitrogen and oxygen atoms in total. The molecule has 0 radical (unpaired) electrons. The summed E-state index contributed by atoms with van der Waals surface area (Å²) in [7, 11) is -6.70. The number of fused-ring (bicyclic) bond motifs is 8. The molecule has 3 aromatic heterocycles. The van der Waals surface area contributed by atoms with E-state index in [9.17, 15) is 0 Å². The summed E-state index contributed by atoms with van der Waals surface area (Å²) < 4.78 is 36.0. The van der Waals surface area contributed by atoms with Gasteiger partial charge in [-0.1, -0.05) is 146 Å². The number of para-hydroxylation sites is 3. The monoisotopic (exact) mass is 784 g/mol. The fourth-order valence-corrected chi connectivity index (χ4v) is 13.9. The van der Waals surface area contributed by atoms with E-state index in [4.69, 9.17) is 9.97 Å². The Balaban J connectivity index is 1.28. The van der Waals surface area contributed by atoms with Gasteiger partial charge in [-0.3, -0.25) is 8.97 Å². The molecule has 11 rings (SSSR count). The minimum atomic E-state index is -3.35. The number of aromatic nitrogens is 4. The van der Waals surface area contributed by atoms with Gasteiger partial charge in [-0.2, -0.15) is 0 Å². The zero-order valence-corrected chi connectivity index (χ0v) is 32.9. The van der Waals surface area contributed by atoms with E-state index in [1.165, 1.54) is 0 Å². The fourth-order valence-electron chi connectivity index (χ4n) is 8.53. The summed E-state index contributed by atoms with van der Waals surface area (Å²) in [5, 5.41) is 7.14. The maximum Gasteiger partial charge on any atom is 0.221 e. The predicted molar refractivity (Wildman–Crippen MR) is 241 cm³/mol. The number of rotatable bonds is 7. The SMILES string of the molecule is O=P(c1ccccc1)(c1ccccc1)c1ccc2c(c1)c1cc(P(=O)(c3ccccc3)c3ccccc3)ccc1n2-c1nc2ccccc2c2nc3ccccc3n12. The lowest BCUT2D eigenvalue weighted by molar-refractivity contribution is 0.591. The van der Waals surface area contributed by atoms with Crippen LogP contribution in [0.1, 0.15) is 0 Å². The molecule has 0 N–H and O–H groups in total. The topological polar surface area (TPSA) is 69.3 Å². The van der Waals surface area contributed by atoms with Crippen molar-refractivity contribution in [3.63, 3.8) is 0 Å². The normalized spacial score (nSPS) is 12.3. The second-order valence-corrected chi connectivity index (χ2v) is 20.0. The van der Waals surface area contributed by atoms with Crippen LogP contribution < -0.4 is 31.8 Å². The molecule has 0 fully saturated rings. The Morgan fingerprint density at radius 3 is 1.24 bits per heavy atom. The third-order valence-corrected chi connectivity index (χ3v) is 17.4. The van der Waals surface area contributed by atoms with Gasteiger partial charge in [-0.05, 0) is 60.7 Å². The Bertz CT molecular complexity index is 3220. The zero-order chi connectivity index (χ0) is 38.8. The first-order chi connectivity index (χ1) is 28.5. The van der Waals surface area contributed by atoms with Crippen molar-refractivity contribution < 1.29 is 9.13 Å². The Kier molecular flexibility index (Phi) is 7.94. The Morgan fingerprint density at radius 1 is 0.345 bits per heavy atom. The van der Waals surface area contributed by atoms with Crippen LogP contribution in [-0.2, 0) is 9.13 Å². The van der Waals surface area contributed by atoms with Crippen molar-refractivity contribution in [2.75, 3.05) is 0 Å². The van der Waals surface area contributed by atoms with Crippen molar-refractivity contribution in [3.05, 3.63) is 206 Å². The van der Waals surface area contributed by atoms with E-state index < -0.39 is 14.3 Å². The number of imidazole rings is 1. The van der Waals surface area contributed by atoms with Crippen LogP contribution in [0.2, 0.25) is 0 Å². The van der Waals surface area contributed by atoms with Crippen molar-refractivity contribution in [2.45, 2.75) is 0 Å². The summed E-state index contributed by atoms with van der Waals surface area (Å²) in [6.45, 7) is 0. The molecule has 0 saturated heterocycles. The van der Waals surface area contributed by atoms with E-state index in [2.05, 4.69) is 45.4 Å². The van der Waals surface area contributed by atoms with Crippen molar-refractivity contribution in [3.8, 4) is 5.95 Å². The van der Waals surface area contributed by atoms with Crippen LogP contribution in [0, 0.1) is 0 Å². The molecule has 0 aliphatic heterocycles. The van der Waals surface area contributed by atoms with Gasteiger partial charge in [0.25, 0.3) is 0 Å². The average Bonchev–Trinajstić information content (AvgIpc) is 3.85. The van der Waals surface area contributed by atoms with Crippen molar-refractivity contribution in [1.82, 2.24) is 18.9 Å². The molecule has 8 heteroatoms. The molecule has 3 heterocycles. The quantitative estimate of drug-likeness (QED) is 0.151. The molecule has 0 spiro atoms. The van der Waals surface area contributed by atoms with Crippen LogP contribution >= 0.6 is 14.3 Å². The van der Waals surface area contributed by atoms with Gasteiger partial charge in [0.2, 0.25) is 5.95 Å². The summed E-state index contributed by atoms with van der Waals surface area (Å²) in [4.78, 5) is 10.5. The van der Waals surface area contributed by atoms with Gasteiger partial charge in [-0.15, -0.1) is 0 Å². The average molecular weight is 785 g/mol. The summed E-state index contributed by atoms with van der Waals surface area (Å²) in [6.07, 6.45) is 0. The van der Waals surface area contributed by atoms with Gasteiger partial charge in [-0.25, -0.2) is 9.97 Å². The van der Waals surface area contributed by atoms with Gasteiger partial charge < -0.3 is 9.13 Å². The highest BCUT2D eigenvalue weighted by Gasteiger charge is 2.33. The van der Waals surface area contributed by atoms with E-state index in [0.717, 1.165) is 70.6 Å². The third-order valence-electron chi connectivity index (χ3n) is 11.3. The lowest BCUT2D eigenvalue weighted by Gasteiger charge is -2.20. The van der Waals surface area contributed by atoms with Gasteiger partial charge in [0, 0.05) is 48.0 Å². The maximum atomic E-state index is 15.8. The minimum Gasteiger partial charge on any atom is -0.309 e. The molecule has 0 unspecified atom stereocenters. The molecule has 11 aromatic rings. The standard InChI is InChI=1S/C50H34N4O2P2/c55-57(35-17-5-1-6-18-35,36-19-7-2-8-20-36)39-29-31-46-42(33-39)43-34-40(58(56,37-21-9-3-10-22-37)38-23-11-4-12-24-38)30-32-47(43)53(46)50-52-44-26-14-13-25-41(44)49-51-45-27-15-16-28-48(45)54(49)50/h1-34H. The number of hydrogen-bond acceptors (Lipinski definition) is 4. The van der Waals surface area contributed by atoms with E-state index in [-0.39, 0.29) is 0 Å². The molecule has 0 bridgehead atoms. The van der Waals surface area contributed by atoms with Crippen LogP contribution in [0.25, 0.3) is 55.3 Å². The lowest BCUT2D eigenvalue weighted by Crippen LogP contribution is -2.25. The van der Waals surface area contributed by atoms with Crippen LogP contribution in [-0.4, -0.2) is 18.9 Å². The number of nitrogens with zero attached hydrogens (tertiary/aromatic N) is 4. The zero-order valence-electron chi connectivity index (χ0n) is 31.1. The van der Waals surface area contributed by atoms with Crippen molar-refractivity contribution >= 4 is 95.5 Å². The molecule has 0 atom stereocenters. The van der Waals surface area contributed by atoms with E-state index in [0.29, 0.717) is 16.6 Å². The summed E-state index contributed by atoms with van der Waals surface area (Å²) in [5.74, 6) is 0.673. The molecular weight excluding hydrogens is 751 g/mol. The van der Waals surface area contributed by atoms with Gasteiger partial charge in [0.1, 0.15) is 5.65 Å². The first-order valence-corrected chi connectivity index (χ1v) is 22.6. The van der Waals surface area contributed by atoms with E-state index in [1.807, 2.05) is 170 Å². The summed E-state index contributed by atoms with van der Waals surface area (Å²) in [5.41, 5.74) is 5.17. The second-order valence-electron chi connectivity index (χ2n) is 14.5. The van der Waals surface area contributed by atoms with E-state index in [1.54, 1.807) is 0 Å². The van der Waals surface area contributed by atoms with Crippen molar-refractivity contribution in [1.29, 1.82) is 0 Å². The molecule has 8 aromatic carbocycles. The Hall–Kier alpha value is -6.84.